The molecule has 5 aliphatic rings. The molecule has 5 fully saturated rings. The number of carbonyl (C=O) groups is 2. The van der Waals surface area contributed by atoms with Crippen molar-refractivity contribution in [3.05, 3.63) is 0 Å². The van der Waals surface area contributed by atoms with E-state index >= 15 is 0 Å². The van der Waals surface area contributed by atoms with Crippen LogP contribution in [0.5, 0.6) is 0 Å². The standard InChI is InChI=1S/C36H60N4O23S2.2Na/c41-12-16-22(45)29(60-35-27(50)30(28(17(13-42)59-35)63-65(54,55)56)61-34-25(48)23(46)24(47)31(62-34)32(51)52)26(49)33(58-16)57-11-10-38-20(44)7-2-1-5-9-37-19(43)8-4-3-6-18-21-15(14-64-18)39-36(53)40-21;;/h15-18,21-31,33-35,41-42,45-50H,1-14H2,(H,37,43)(H,38,44)(H,51,52)(H2,39,40,53)(H,54,55,56);;/q;2*+1/p-2/t15-,16+,17+,18-,21-,22-,23-,24-,25+,26+,27+,28-,29-,30+,31-,33+,34+,35-;;/m0../s1. The van der Waals surface area contributed by atoms with Crippen molar-refractivity contribution in [2.45, 2.75) is 161 Å². The van der Waals surface area contributed by atoms with Gasteiger partial charge in [-0.1, -0.05) is 12.8 Å². The summed E-state index contributed by atoms with van der Waals surface area (Å²) in [7, 11) is -5.44. The zero-order valence-corrected chi connectivity index (χ0v) is 42.4. The van der Waals surface area contributed by atoms with Crippen LogP contribution in [0, 0.1) is 0 Å². The predicted octanol–water partition coefficient (Wildman–Crippen LogP) is -12.8. The Morgan fingerprint density at radius 1 is 0.731 bits per heavy atom. The number of rotatable bonds is 24. The smallest absolute Gasteiger partial charge is 0.862 e. The van der Waals surface area contributed by atoms with Gasteiger partial charge in [0.15, 0.2) is 25.0 Å². The molecule has 374 valence electrons. The average Bonchev–Trinajstić information content (AvgIpc) is 3.81. The average molecular weight is 1020 g/mol. The molecule has 5 aliphatic heterocycles. The van der Waals surface area contributed by atoms with Gasteiger partial charge in [-0.3, -0.25) is 4.55 Å². The topological polar surface area (TPSA) is 430 Å². The normalized spacial score (nSPS) is 38.0. The van der Waals surface area contributed by atoms with Gasteiger partial charge < -0.3 is 105 Å². The van der Waals surface area contributed by atoms with E-state index in [1.165, 1.54) is 0 Å². The van der Waals surface area contributed by atoms with Crippen molar-refractivity contribution in [3.8, 4) is 0 Å². The predicted molar refractivity (Wildman–Crippen MR) is 213 cm³/mol. The fraction of sp³-hybridized carbons (Fsp3) is 0.889. The summed E-state index contributed by atoms with van der Waals surface area (Å²) in [6.45, 7) is -2.25. The molecule has 12 N–H and O–H groups in total. The van der Waals surface area contributed by atoms with Gasteiger partial charge in [-0.2, -0.15) is 20.2 Å². The molecule has 0 aromatic heterocycles. The van der Waals surface area contributed by atoms with Gasteiger partial charge in [0, 0.05) is 17.5 Å². The number of nitrogens with one attached hydrogen (secondary N) is 2. The molecule has 5 rings (SSSR count). The van der Waals surface area contributed by atoms with E-state index in [-0.39, 0.29) is 103 Å². The first-order valence-corrected chi connectivity index (χ1v) is 23.4. The minimum atomic E-state index is -5.44. The minimum Gasteiger partial charge on any atom is -0.862 e. The second-order valence-electron chi connectivity index (χ2n) is 15.9. The molecular formula is C36H58N4Na2O23S2. The monoisotopic (exact) mass is 1020 g/mol. The molecule has 0 spiro atoms. The van der Waals surface area contributed by atoms with E-state index in [0.29, 0.717) is 43.9 Å². The van der Waals surface area contributed by atoms with Gasteiger partial charge in [-0.15, -0.1) is 0 Å². The number of carboxylic acids is 1. The Hall–Kier alpha value is -0.660. The molecule has 0 aromatic carbocycles. The number of aliphatic hydroxyl groups is 8. The van der Waals surface area contributed by atoms with Crippen LogP contribution in [0.25, 0.3) is 0 Å². The van der Waals surface area contributed by atoms with Crippen molar-refractivity contribution < 1.29 is 170 Å². The van der Waals surface area contributed by atoms with E-state index in [1.807, 2.05) is 11.8 Å². The summed E-state index contributed by atoms with van der Waals surface area (Å²) in [6, 6.07) is 0.149. The number of amides is 2. The molecule has 0 aliphatic carbocycles. The molecule has 0 radical (unpaired) electrons. The molecule has 18 atom stereocenters. The van der Waals surface area contributed by atoms with Crippen molar-refractivity contribution >= 4 is 46.0 Å². The fourth-order valence-electron chi connectivity index (χ4n) is 7.92. The van der Waals surface area contributed by atoms with Gasteiger partial charge in [0.1, 0.15) is 67.1 Å². The molecule has 5 heterocycles. The quantitative estimate of drug-likeness (QED) is 0.0107. The summed E-state index contributed by atoms with van der Waals surface area (Å²) < 4.78 is 70.1. The van der Waals surface area contributed by atoms with Crippen molar-refractivity contribution in [1.82, 2.24) is 10.6 Å². The molecule has 0 bridgehead atoms. The van der Waals surface area contributed by atoms with Crippen molar-refractivity contribution in [3.63, 3.8) is 0 Å². The van der Waals surface area contributed by atoms with Gasteiger partial charge in [-0.05, 0) is 50.3 Å². The fourth-order valence-corrected chi connectivity index (χ4v) is 9.98. The molecule has 67 heavy (non-hydrogen) atoms. The van der Waals surface area contributed by atoms with E-state index in [4.69, 9.17) is 28.4 Å². The van der Waals surface area contributed by atoms with E-state index < -0.39 is 128 Å². The Labute approximate surface area is 433 Å². The third-order valence-corrected chi connectivity index (χ3v) is 13.3. The maximum atomic E-state index is 12.4. The maximum Gasteiger partial charge on any atom is 1.00 e. The van der Waals surface area contributed by atoms with Gasteiger partial charge in [-0.25, -0.2) is 13.8 Å². The number of carboxylic acid groups (broad SMARTS) is 1. The van der Waals surface area contributed by atoms with Gasteiger partial charge in [0.2, 0.25) is 0 Å². The molecule has 0 saturated carbocycles. The molecule has 27 nitrogen and oxygen atoms in total. The Bertz CT molecular complexity index is 1730. The zero-order chi connectivity index (χ0) is 47.6. The van der Waals surface area contributed by atoms with Crippen molar-refractivity contribution in [1.29, 1.82) is 0 Å². The maximum absolute atomic E-state index is 12.4. The number of carbonyl (C=O) groups excluding carboxylic acids is 1. The number of thioether (sulfide) groups is 1. The van der Waals surface area contributed by atoms with Crippen LogP contribution in [0.3, 0.4) is 0 Å². The van der Waals surface area contributed by atoms with Crippen molar-refractivity contribution in [2.24, 2.45) is 9.98 Å². The first-order chi connectivity index (χ1) is 30.8. The number of aliphatic hydroxyl groups excluding tert-OH is 8. The Morgan fingerprint density at radius 2 is 1.33 bits per heavy atom. The molecule has 31 heteroatoms. The summed E-state index contributed by atoms with van der Waals surface area (Å²) in [5.41, 5.74) is 0. The first kappa shape index (κ1) is 60.6. The van der Waals surface area contributed by atoms with Crippen molar-refractivity contribution in [2.75, 3.05) is 38.7 Å². The number of unbranched alkanes of at least 4 members (excludes halogenated alkanes) is 3. The number of aliphatic carboxylic acids is 1. The Balaban J connectivity index is 0.00000595. The zero-order valence-electron chi connectivity index (χ0n) is 36.8. The largest absolute Gasteiger partial charge is 1.00 e. The molecule has 0 unspecified atom stereocenters. The Morgan fingerprint density at radius 3 is 1.97 bits per heavy atom. The number of ether oxygens (including phenoxy) is 6. The van der Waals surface area contributed by atoms with E-state index in [2.05, 4.69) is 24.8 Å². The molecule has 5 saturated heterocycles. The first-order valence-electron chi connectivity index (χ1n) is 21.0. The van der Waals surface area contributed by atoms with Crippen LogP contribution < -0.4 is 80.0 Å². The van der Waals surface area contributed by atoms with Crippen LogP contribution in [0.1, 0.15) is 51.4 Å². The van der Waals surface area contributed by atoms with Crippen LogP contribution >= 0.6 is 11.8 Å². The van der Waals surface area contributed by atoms with Crippen LogP contribution in [0.2, 0.25) is 0 Å². The number of urea groups is 1. The summed E-state index contributed by atoms with van der Waals surface area (Å²) in [5.74, 6) is -1.59. The van der Waals surface area contributed by atoms with Gasteiger partial charge in [0.05, 0.1) is 38.4 Å². The number of nitrogens with zero attached hydrogens (tertiary/aromatic N) is 2. The molecule has 0 aromatic rings. The molecular weight excluding hydrogens is 967 g/mol. The van der Waals surface area contributed by atoms with Gasteiger partial charge in [0.25, 0.3) is 0 Å². The number of hydrogen-bond acceptors (Lipinski definition) is 24. The minimum absolute atomic E-state index is 0. The van der Waals surface area contributed by atoms with E-state index in [9.17, 15) is 78.7 Å². The molecule has 2 amide bonds. The number of fused-ring (bicyclic) bond motifs is 1. The summed E-state index contributed by atoms with van der Waals surface area (Å²) in [5, 5.41) is 124. The Kier molecular flexibility index (Phi) is 25.8. The van der Waals surface area contributed by atoms with Gasteiger partial charge >= 0.3 is 81.5 Å². The third-order valence-electron chi connectivity index (χ3n) is 11.3. The van der Waals surface area contributed by atoms with Crippen LogP contribution in [0.15, 0.2) is 9.98 Å². The van der Waals surface area contributed by atoms with Crippen LogP contribution in [-0.4, -0.2) is 231 Å². The van der Waals surface area contributed by atoms with Crippen LogP contribution in [-0.2, 0) is 47.8 Å². The third kappa shape index (κ3) is 17.0. The SMILES string of the molecule is O=C1N[C@H]2[C@H](CS[C@H]2CCCCC([O-])=NCCCCCC([O-])=NCCO[C@@H]2O[C@H](CO)[C@H](O)[C@H](O[C@@H]3O[C@H](CO)[C@H](OS(=O)(=O)O)[C@H](O[C@@H]4O[C@H](C(=O)O)[C@@H](O)[C@H](O)[C@H]4O)[C@H]3O)[C@H]2O)N1.[Na+].[Na+]. The second-order valence-corrected chi connectivity index (χ2v) is 18.3. The van der Waals surface area contributed by atoms with E-state index in [1.54, 1.807) is 0 Å². The summed E-state index contributed by atoms with van der Waals surface area (Å²) in [6.07, 6.45) is -26.3. The number of aliphatic imine (C=N–C) groups is 2. The van der Waals surface area contributed by atoms with Crippen LogP contribution in [0.4, 0.5) is 4.79 Å². The van der Waals surface area contributed by atoms with E-state index in [0.717, 1.165) is 18.6 Å². The number of hydrogen-bond donors (Lipinski definition) is 12. The summed E-state index contributed by atoms with van der Waals surface area (Å²) in [4.78, 5) is 31.1. The second kappa shape index (κ2) is 28.5. The summed E-state index contributed by atoms with van der Waals surface area (Å²) >= 11 is 1.82.